The average molecular weight is 499 g/mol. The van der Waals surface area contributed by atoms with Gasteiger partial charge in [-0.15, -0.1) is 0 Å². The van der Waals surface area contributed by atoms with Gasteiger partial charge in [0.25, 0.3) is 0 Å². The number of aromatic nitrogens is 3. The second kappa shape index (κ2) is 10.8. The summed E-state index contributed by atoms with van der Waals surface area (Å²) in [6.45, 7) is 2.23. The van der Waals surface area contributed by atoms with Crippen LogP contribution in [-0.2, 0) is 9.53 Å². The van der Waals surface area contributed by atoms with Crippen LogP contribution in [0.1, 0.15) is 25.7 Å². The molecule has 0 saturated carbocycles. The van der Waals surface area contributed by atoms with Crippen molar-refractivity contribution in [1.82, 2.24) is 20.3 Å². The molecule has 0 bridgehead atoms. The first-order valence-corrected chi connectivity index (χ1v) is 11.6. The Morgan fingerprint density at radius 2 is 1.94 bits per heavy atom. The predicted molar refractivity (Wildman–Crippen MR) is 122 cm³/mol. The summed E-state index contributed by atoms with van der Waals surface area (Å²) >= 11 is 6.33. The second-order valence-electron chi connectivity index (χ2n) is 8.54. The summed E-state index contributed by atoms with van der Waals surface area (Å²) in [5.74, 6) is 0.370. The highest BCUT2D eigenvalue weighted by molar-refractivity contribution is 6.33. The summed E-state index contributed by atoms with van der Waals surface area (Å²) in [5, 5.41) is 8.72. The van der Waals surface area contributed by atoms with Crippen LogP contribution in [0.15, 0.2) is 24.7 Å². The smallest absolute Gasteiger partial charge is 0.381 e. The van der Waals surface area contributed by atoms with Gasteiger partial charge in [-0.2, -0.15) is 13.2 Å². The van der Waals surface area contributed by atoms with E-state index < -0.39 is 24.0 Å². The third kappa shape index (κ3) is 6.34. The predicted octanol–water partition coefficient (Wildman–Crippen LogP) is 3.90. The first-order valence-electron chi connectivity index (χ1n) is 11.2. The number of nitrogens with one attached hydrogen (secondary N) is 3. The highest BCUT2D eigenvalue weighted by atomic mass is 35.5. The fourth-order valence-electron chi connectivity index (χ4n) is 4.07. The SMILES string of the molecule is O=C(Nc1cc(-c2cncc(NCC3CCOCC3)n2)c(Cl)cn1)C1CCC(C(F)(F)F)NC1. The van der Waals surface area contributed by atoms with Crippen molar-refractivity contribution < 1.29 is 22.7 Å². The molecule has 2 aromatic rings. The maximum absolute atomic E-state index is 12.8. The Labute approximate surface area is 200 Å². The topological polar surface area (TPSA) is 101 Å². The van der Waals surface area contributed by atoms with E-state index in [0.29, 0.717) is 28.0 Å². The number of ether oxygens (including phenoxy) is 1. The third-order valence-electron chi connectivity index (χ3n) is 6.11. The van der Waals surface area contributed by atoms with Crippen LogP contribution in [0, 0.1) is 11.8 Å². The van der Waals surface area contributed by atoms with Gasteiger partial charge in [0.05, 0.1) is 29.0 Å². The Hall–Kier alpha value is -2.50. The van der Waals surface area contributed by atoms with Crippen molar-refractivity contribution >= 4 is 29.1 Å². The van der Waals surface area contributed by atoms with E-state index in [2.05, 4.69) is 30.9 Å². The average Bonchev–Trinajstić information content (AvgIpc) is 2.84. The third-order valence-corrected chi connectivity index (χ3v) is 6.41. The molecule has 2 atom stereocenters. The number of halogens is 4. The summed E-state index contributed by atoms with van der Waals surface area (Å²) < 4.78 is 43.9. The molecule has 0 radical (unpaired) electrons. The molecule has 2 aromatic heterocycles. The number of carbonyl (C=O) groups is 1. The monoisotopic (exact) mass is 498 g/mol. The number of hydrogen-bond acceptors (Lipinski definition) is 7. The van der Waals surface area contributed by atoms with E-state index in [4.69, 9.17) is 16.3 Å². The maximum atomic E-state index is 12.8. The Morgan fingerprint density at radius 3 is 2.65 bits per heavy atom. The highest BCUT2D eigenvalue weighted by Crippen LogP contribution is 2.30. The van der Waals surface area contributed by atoms with Gasteiger partial charge in [-0.05, 0) is 37.7 Å². The van der Waals surface area contributed by atoms with E-state index in [1.807, 2.05) is 0 Å². The molecule has 3 N–H and O–H groups in total. The van der Waals surface area contributed by atoms with Crippen LogP contribution in [0.4, 0.5) is 24.8 Å². The van der Waals surface area contributed by atoms with Gasteiger partial charge in [0.2, 0.25) is 5.91 Å². The number of piperidine rings is 1. The van der Waals surface area contributed by atoms with Gasteiger partial charge in [0.15, 0.2) is 0 Å². The van der Waals surface area contributed by atoms with E-state index in [0.717, 1.165) is 32.6 Å². The molecule has 2 fully saturated rings. The summed E-state index contributed by atoms with van der Waals surface area (Å²) in [6, 6.07) is 0.00378. The molecule has 0 aliphatic carbocycles. The summed E-state index contributed by atoms with van der Waals surface area (Å²) in [5.41, 5.74) is 1.04. The lowest BCUT2D eigenvalue weighted by Crippen LogP contribution is -2.50. The minimum atomic E-state index is -4.32. The fraction of sp³-hybridized carbons (Fsp3) is 0.545. The number of carbonyl (C=O) groups excluding carboxylic acids is 1. The Bertz CT molecular complexity index is 995. The molecule has 8 nitrogen and oxygen atoms in total. The molecule has 2 aliphatic heterocycles. The van der Waals surface area contributed by atoms with Crippen LogP contribution < -0.4 is 16.0 Å². The second-order valence-corrected chi connectivity index (χ2v) is 8.95. The number of hydrogen-bond donors (Lipinski definition) is 3. The molecule has 4 rings (SSSR count). The Kier molecular flexibility index (Phi) is 7.84. The first kappa shape index (κ1) is 24.6. The van der Waals surface area contributed by atoms with Crippen LogP contribution >= 0.6 is 11.6 Å². The van der Waals surface area contributed by atoms with Crippen molar-refractivity contribution in [3.8, 4) is 11.3 Å². The van der Waals surface area contributed by atoms with Crippen molar-refractivity contribution in [2.75, 3.05) is 36.9 Å². The number of amides is 1. The largest absolute Gasteiger partial charge is 0.403 e. The Balaban J connectivity index is 1.39. The van der Waals surface area contributed by atoms with Crippen LogP contribution in [0.2, 0.25) is 5.02 Å². The summed E-state index contributed by atoms with van der Waals surface area (Å²) in [4.78, 5) is 25.6. The lowest BCUT2D eigenvalue weighted by molar-refractivity contribution is -0.163. The first-order chi connectivity index (χ1) is 16.3. The normalized spacial score (nSPS) is 21.8. The van der Waals surface area contributed by atoms with Crippen molar-refractivity contribution in [2.45, 2.75) is 37.9 Å². The molecule has 184 valence electrons. The number of nitrogens with zero attached hydrogens (tertiary/aromatic N) is 3. The standard InChI is InChI=1S/C22H26ClF3N6O2/c23-16-10-30-19(32-21(33)14-1-2-18(28-9-14)22(24,25)26)7-15(16)17-11-27-12-20(31-17)29-8-13-3-5-34-6-4-13/h7,10-14,18,28H,1-6,8-9H2,(H,29,31)(H,30,32,33). The lowest BCUT2D eigenvalue weighted by atomic mass is 9.93. The van der Waals surface area contributed by atoms with Crippen molar-refractivity contribution in [3.63, 3.8) is 0 Å². The summed E-state index contributed by atoms with van der Waals surface area (Å²) in [6.07, 6.45) is 2.25. The Morgan fingerprint density at radius 1 is 1.15 bits per heavy atom. The van der Waals surface area contributed by atoms with E-state index in [-0.39, 0.29) is 25.2 Å². The van der Waals surface area contributed by atoms with E-state index >= 15 is 0 Å². The summed E-state index contributed by atoms with van der Waals surface area (Å²) in [7, 11) is 0. The number of rotatable bonds is 6. The molecular weight excluding hydrogens is 473 g/mol. The van der Waals surface area contributed by atoms with E-state index in [1.165, 1.54) is 6.20 Å². The zero-order valence-electron chi connectivity index (χ0n) is 18.4. The lowest BCUT2D eigenvalue weighted by Gasteiger charge is -2.30. The molecule has 0 aromatic carbocycles. The number of pyridine rings is 1. The number of anilines is 2. The highest BCUT2D eigenvalue weighted by Gasteiger charge is 2.42. The quantitative estimate of drug-likeness (QED) is 0.555. The van der Waals surface area contributed by atoms with Crippen molar-refractivity contribution in [2.24, 2.45) is 11.8 Å². The molecule has 2 aliphatic rings. The molecule has 0 spiro atoms. The molecule has 34 heavy (non-hydrogen) atoms. The van der Waals surface area contributed by atoms with Gasteiger partial charge in [0.1, 0.15) is 17.7 Å². The van der Waals surface area contributed by atoms with Crippen LogP contribution in [0.5, 0.6) is 0 Å². The van der Waals surface area contributed by atoms with Crippen molar-refractivity contribution in [3.05, 3.63) is 29.7 Å². The molecular formula is C22H26ClF3N6O2. The van der Waals surface area contributed by atoms with Crippen molar-refractivity contribution in [1.29, 1.82) is 0 Å². The molecule has 2 saturated heterocycles. The van der Waals surface area contributed by atoms with Gasteiger partial charge in [-0.1, -0.05) is 11.6 Å². The van der Waals surface area contributed by atoms with E-state index in [1.54, 1.807) is 18.5 Å². The van der Waals surface area contributed by atoms with Gasteiger partial charge < -0.3 is 20.7 Å². The maximum Gasteiger partial charge on any atom is 0.403 e. The van der Waals surface area contributed by atoms with Gasteiger partial charge in [-0.3, -0.25) is 9.78 Å². The molecule has 4 heterocycles. The molecule has 2 unspecified atom stereocenters. The number of alkyl halides is 3. The van der Waals surface area contributed by atoms with Gasteiger partial charge >= 0.3 is 6.18 Å². The zero-order chi connectivity index (χ0) is 24.1. The fourth-order valence-corrected chi connectivity index (χ4v) is 4.27. The minimum Gasteiger partial charge on any atom is -0.381 e. The zero-order valence-corrected chi connectivity index (χ0v) is 19.1. The minimum absolute atomic E-state index is 0.0528. The van der Waals surface area contributed by atoms with Crippen LogP contribution in [0.25, 0.3) is 11.3 Å². The van der Waals surface area contributed by atoms with E-state index in [9.17, 15) is 18.0 Å². The molecule has 1 amide bonds. The van der Waals surface area contributed by atoms with Gasteiger partial charge in [-0.25, -0.2) is 9.97 Å². The van der Waals surface area contributed by atoms with Crippen LogP contribution in [-0.4, -0.2) is 59.4 Å². The van der Waals surface area contributed by atoms with Gasteiger partial charge in [0, 0.05) is 38.1 Å². The van der Waals surface area contributed by atoms with Crippen LogP contribution in [0.3, 0.4) is 0 Å². The molecule has 12 heteroatoms.